The van der Waals surface area contributed by atoms with E-state index in [0.717, 1.165) is 7.05 Å². The lowest BCUT2D eigenvalue weighted by Gasteiger charge is -1.88. The molecule has 0 saturated carbocycles. The molecule has 2 N–H and O–H groups in total. The summed E-state index contributed by atoms with van der Waals surface area (Å²) in [5.41, 5.74) is 5.44. The summed E-state index contributed by atoms with van der Waals surface area (Å²) in [5.74, 6) is -0.419. The molecule has 0 aromatic carbocycles. The molecule has 1 amide bonds. The number of nitrogens with two attached hydrogens (primary N) is 1. The predicted octanol–water partition coefficient (Wildman–Crippen LogP) is 0.0734. The summed E-state index contributed by atoms with van der Waals surface area (Å²) < 4.78 is 0. The van der Waals surface area contributed by atoms with Gasteiger partial charge in [0, 0.05) is 22.9 Å². The smallest absolute Gasteiger partial charge is 0.248 e. The van der Waals surface area contributed by atoms with Gasteiger partial charge in [0.15, 0.2) is 7.05 Å². The second kappa shape index (κ2) is 5.64. The molecule has 0 aliphatic heterocycles. The Balaban J connectivity index is 0.000000310. The van der Waals surface area contributed by atoms with Gasteiger partial charge in [-0.05, 0) is 12.1 Å². The van der Waals surface area contributed by atoms with Crippen LogP contribution in [0.5, 0.6) is 0 Å². The molecule has 70 valence electrons. The zero-order valence-electron chi connectivity index (χ0n) is 7.01. The van der Waals surface area contributed by atoms with Gasteiger partial charge in [-0.15, -0.1) is 0 Å². The van der Waals surface area contributed by atoms with E-state index >= 15 is 0 Å². The molecule has 1 aromatic heterocycles. The van der Waals surface area contributed by atoms with Gasteiger partial charge >= 0.3 is 0 Å². The molecule has 6 nitrogen and oxygen atoms in total. The fourth-order valence-electron chi connectivity index (χ4n) is 0.516. The van der Waals surface area contributed by atoms with E-state index in [2.05, 4.69) is 4.98 Å². The summed E-state index contributed by atoms with van der Waals surface area (Å²) >= 11 is 0. The Hall–Kier alpha value is -1.98. The lowest BCUT2D eigenvalue weighted by atomic mass is 10.3. The molecule has 0 aliphatic rings. The van der Waals surface area contributed by atoms with Crippen molar-refractivity contribution in [1.29, 1.82) is 0 Å². The molecule has 0 spiro atoms. The van der Waals surface area contributed by atoms with Crippen LogP contribution >= 0.6 is 0 Å². The molecule has 0 saturated heterocycles. The first-order valence-electron chi connectivity index (χ1n) is 3.32. The van der Waals surface area contributed by atoms with Crippen LogP contribution in [0.3, 0.4) is 0 Å². The number of nitrogens with zero attached hydrogens (tertiary/aromatic N) is 2. The highest BCUT2D eigenvalue weighted by Crippen LogP contribution is 1.91. The van der Waals surface area contributed by atoms with Crippen molar-refractivity contribution in [3.8, 4) is 0 Å². The molecule has 0 radical (unpaired) electrons. The molecule has 1 heterocycles. The van der Waals surface area contributed by atoms with E-state index in [1.54, 1.807) is 12.1 Å². The van der Waals surface area contributed by atoms with Crippen molar-refractivity contribution in [1.82, 2.24) is 4.98 Å². The Morgan fingerprint density at radius 1 is 1.54 bits per heavy atom. The minimum Gasteiger partial charge on any atom is -0.366 e. The van der Waals surface area contributed by atoms with Crippen LogP contribution in [0.25, 0.3) is 0 Å². The van der Waals surface area contributed by atoms with E-state index in [4.69, 9.17) is 15.8 Å². The van der Waals surface area contributed by atoms with Crippen LogP contribution in [0, 0.1) is 10.1 Å². The van der Waals surface area contributed by atoms with Gasteiger partial charge in [-0.1, -0.05) is 0 Å². The van der Waals surface area contributed by atoms with E-state index in [0.29, 0.717) is 5.56 Å². The van der Waals surface area contributed by atoms with Crippen LogP contribution in [0.2, 0.25) is 0 Å². The largest absolute Gasteiger partial charge is 0.366 e. The van der Waals surface area contributed by atoms with Gasteiger partial charge in [-0.25, -0.2) is 0 Å². The lowest BCUT2D eigenvalue weighted by molar-refractivity contribution is -0.445. The highest BCUT2D eigenvalue weighted by molar-refractivity contribution is 5.92. The van der Waals surface area contributed by atoms with Crippen LogP contribution < -0.4 is 5.73 Å². The minimum absolute atomic E-state index is 0.419. The monoisotopic (exact) mass is 183 g/mol. The van der Waals surface area contributed by atoms with E-state index in [1.165, 1.54) is 12.4 Å². The maximum Gasteiger partial charge on any atom is 0.248 e. The third-order valence-electron chi connectivity index (χ3n) is 0.965. The molecule has 0 atom stereocenters. The molecular weight excluding hydrogens is 174 g/mol. The average Bonchev–Trinajstić information content (AvgIpc) is 2.05. The molecule has 0 aliphatic carbocycles. The van der Waals surface area contributed by atoms with Gasteiger partial charge in [0.05, 0.1) is 0 Å². The minimum atomic E-state index is -0.500. The van der Waals surface area contributed by atoms with Gasteiger partial charge in [0.1, 0.15) is 0 Å². The lowest BCUT2D eigenvalue weighted by Crippen LogP contribution is -2.10. The Kier molecular flexibility index (Phi) is 4.78. The van der Waals surface area contributed by atoms with Gasteiger partial charge in [0.25, 0.3) is 0 Å². The maximum atomic E-state index is 10.4. The number of carbonyl (C=O) groups is 1. The van der Waals surface area contributed by atoms with Crippen molar-refractivity contribution in [2.45, 2.75) is 0 Å². The predicted molar refractivity (Wildman–Crippen MR) is 45.7 cm³/mol. The van der Waals surface area contributed by atoms with Gasteiger partial charge < -0.3 is 5.73 Å². The Labute approximate surface area is 74.5 Å². The van der Waals surface area contributed by atoms with E-state index in [1.807, 2.05) is 0 Å². The third-order valence-corrected chi connectivity index (χ3v) is 0.965. The van der Waals surface area contributed by atoms with Crippen LogP contribution in [0.1, 0.15) is 10.4 Å². The van der Waals surface area contributed by atoms with Crippen LogP contribution in [0.4, 0.5) is 0 Å². The first kappa shape index (κ1) is 11.0. The van der Waals surface area contributed by atoms with Crippen molar-refractivity contribution in [3.05, 3.63) is 40.2 Å². The second-order valence-corrected chi connectivity index (χ2v) is 2.04. The van der Waals surface area contributed by atoms with Crippen LogP contribution in [-0.2, 0) is 0 Å². The molecule has 1 rings (SSSR count). The molecule has 13 heavy (non-hydrogen) atoms. The fourth-order valence-corrected chi connectivity index (χ4v) is 0.516. The van der Waals surface area contributed by atoms with Gasteiger partial charge in [-0.2, -0.15) is 0 Å². The molecule has 0 bridgehead atoms. The van der Waals surface area contributed by atoms with Crippen molar-refractivity contribution in [2.24, 2.45) is 5.73 Å². The summed E-state index contributed by atoms with van der Waals surface area (Å²) in [4.78, 5) is 22.4. The average molecular weight is 183 g/mol. The molecule has 0 unspecified atom stereocenters. The second-order valence-electron chi connectivity index (χ2n) is 2.04. The summed E-state index contributed by atoms with van der Waals surface area (Å²) in [5, 5.41) is 8.81. The molecule has 6 heteroatoms. The summed E-state index contributed by atoms with van der Waals surface area (Å²) in [6.07, 6.45) is 3.06. The van der Waals surface area contributed by atoms with Gasteiger partial charge in [-0.3, -0.25) is 19.9 Å². The maximum absolute atomic E-state index is 10.4. The molecule has 0 fully saturated rings. The highest BCUT2D eigenvalue weighted by Gasteiger charge is 1.94. The SMILES string of the molecule is C[N+](=O)[O-].NC(=O)c1ccncc1. The summed E-state index contributed by atoms with van der Waals surface area (Å²) in [7, 11) is 0.889. The number of rotatable bonds is 1. The Morgan fingerprint density at radius 3 is 2.15 bits per heavy atom. The number of hydrogen-bond donors (Lipinski definition) is 1. The van der Waals surface area contributed by atoms with Crippen molar-refractivity contribution >= 4 is 5.91 Å². The third kappa shape index (κ3) is 6.42. The Bertz CT molecular complexity index is 282. The van der Waals surface area contributed by atoms with Crippen LogP contribution in [-0.4, -0.2) is 22.9 Å². The molecule has 1 aromatic rings. The Morgan fingerprint density at radius 2 is 1.92 bits per heavy atom. The standard InChI is InChI=1S/C6H6N2O.CH3NO2/c7-6(9)5-1-3-8-4-2-5;1-2(3)4/h1-4H,(H2,7,9);1H3. The number of aromatic nitrogens is 1. The quantitative estimate of drug-likeness (QED) is 0.492. The zero-order valence-corrected chi connectivity index (χ0v) is 7.01. The topological polar surface area (TPSA) is 99.1 Å². The van der Waals surface area contributed by atoms with Crippen molar-refractivity contribution in [2.75, 3.05) is 7.05 Å². The van der Waals surface area contributed by atoms with Gasteiger partial charge in [0.2, 0.25) is 5.91 Å². The first-order chi connectivity index (χ1) is 6.04. The van der Waals surface area contributed by atoms with E-state index in [-0.39, 0.29) is 0 Å². The number of amides is 1. The number of carbonyl (C=O) groups excluding carboxylic acids is 1. The number of nitro groups is 1. The normalized spacial score (nSPS) is 8.08. The number of primary amides is 1. The van der Waals surface area contributed by atoms with Crippen molar-refractivity contribution in [3.63, 3.8) is 0 Å². The van der Waals surface area contributed by atoms with E-state index < -0.39 is 10.8 Å². The highest BCUT2D eigenvalue weighted by atomic mass is 16.6. The summed E-state index contributed by atoms with van der Waals surface area (Å²) in [6.45, 7) is 0. The number of pyridine rings is 1. The van der Waals surface area contributed by atoms with E-state index in [9.17, 15) is 4.79 Å². The first-order valence-corrected chi connectivity index (χ1v) is 3.32. The number of hydrogen-bond acceptors (Lipinski definition) is 4. The zero-order chi connectivity index (χ0) is 10.3. The van der Waals surface area contributed by atoms with Crippen LogP contribution in [0.15, 0.2) is 24.5 Å². The summed E-state index contributed by atoms with van der Waals surface area (Å²) in [6, 6.07) is 3.14. The molecular formula is C7H9N3O3. The van der Waals surface area contributed by atoms with Crippen molar-refractivity contribution < 1.29 is 9.72 Å². The fraction of sp³-hybridized carbons (Fsp3) is 0.143.